The van der Waals surface area contributed by atoms with Gasteiger partial charge in [-0.05, 0) is 36.1 Å². The van der Waals surface area contributed by atoms with Crippen molar-refractivity contribution in [1.82, 2.24) is 15.3 Å². The Morgan fingerprint density at radius 2 is 2.00 bits per heavy atom. The lowest BCUT2D eigenvalue weighted by Crippen LogP contribution is -2.42. The van der Waals surface area contributed by atoms with Crippen molar-refractivity contribution >= 4 is 5.95 Å². The molecule has 0 bridgehead atoms. The first-order valence-electron chi connectivity index (χ1n) is 8.38. The molecule has 0 radical (unpaired) electrons. The van der Waals surface area contributed by atoms with E-state index in [0.29, 0.717) is 6.04 Å². The minimum absolute atomic E-state index is 0.569. The first-order chi connectivity index (χ1) is 11.4. The predicted molar refractivity (Wildman–Crippen MR) is 89.7 cm³/mol. The molecule has 120 valence electrons. The Morgan fingerprint density at radius 3 is 2.83 bits per heavy atom. The quantitative estimate of drug-likeness (QED) is 0.938. The van der Waals surface area contributed by atoms with Crippen LogP contribution in [0, 0.1) is 0 Å². The van der Waals surface area contributed by atoms with Gasteiger partial charge < -0.3 is 15.0 Å². The van der Waals surface area contributed by atoms with Crippen LogP contribution < -0.4 is 15.0 Å². The van der Waals surface area contributed by atoms with Crippen LogP contribution in [0.15, 0.2) is 36.7 Å². The van der Waals surface area contributed by atoms with Crippen LogP contribution in [-0.4, -0.2) is 35.7 Å². The van der Waals surface area contributed by atoms with E-state index in [0.717, 1.165) is 57.2 Å². The van der Waals surface area contributed by atoms with Crippen molar-refractivity contribution in [3.63, 3.8) is 0 Å². The maximum atomic E-state index is 5.56. The van der Waals surface area contributed by atoms with E-state index in [4.69, 9.17) is 4.74 Å². The summed E-state index contributed by atoms with van der Waals surface area (Å²) in [5.74, 6) is 1.91. The molecule has 0 saturated carbocycles. The number of hydrogen-bond donors (Lipinski definition) is 1. The van der Waals surface area contributed by atoms with Gasteiger partial charge in [0.1, 0.15) is 5.75 Å². The van der Waals surface area contributed by atoms with Crippen molar-refractivity contribution in [2.45, 2.75) is 31.8 Å². The molecule has 0 unspecified atom stereocenters. The highest BCUT2D eigenvalue weighted by molar-refractivity contribution is 5.39. The number of rotatable bonds is 4. The summed E-state index contributed by atoms with van der Waals surface area (Å²) < 4.78 is 5.56. The summed E-state index contributed by atoms with van der Waals surface area (Å²) in [4.78, 5) is 10.9. The summed E-state index contributed by atoms with van der Waals surface area (Å²) in [6.07, 6.45) is 6.92. The third kappa shape index (κ3) is 3.29. The second kappa shape index (κ2) is 6.54. The molecule has 3 heterocycles. The van der Waals surface area contributed by atoms with E-state index in [-0.39, 0.29) is 0 Å². The average Bonchev–Trinajstić information content (AvgIpc) is 3.09. The van der Waals surface area contributed by atoms with Crippen molar-refractivity contribution in [3.05, 3.63) is 47.8 Å². The summed E-state index contributed by atoms with van der Waals surface area (Å²) >= 11 is 0. The summed E-state index contributed by atoms with van der Waals surface area (Å²) in [7, 11) is 0. The molecule has 5 heteroatoms. The van der Waals surface area contributed by atoms with Gasteiger partial charge in [-0.2, -0.15) is 0 Å². The van der Waals surface area contributed by atoms with E-state index < -0.39 is 0 Å². The van der Waals surface area contributed by atoms with Crippen LogP contribution >= 0.6 is 0 Å². The Hall–Kier alpha value is -2.14. The lowest BCUT2D eigenvalue weighted by Gasteiger charge is -2.32. The monoisotopic (exact) mass is 310 g/mol. The van der Waals surface area contributed by atoms with Gasteiger partial charge in [-0.1, -0.05) is 12.1 Å². The van der Waals surface area contributed by atoms with Crippen molar-refractivity contribution in [2.75, 3.05) is 24.6 Å². The zero-order valence-corrected chi connectivity index (χ0v) is 13.2. The van der Waals surface area contributed by atoms with E-state index in [1.165, 1.54) is 11.1 Å². The highest BCUT2D eigenvalue weighted by atomic mass is 16.5. The van der Waals surface area contributed by atoms with Gasteiger partial charge in [-0.3, -0.25) is 0 Å². The standard InChI is InChI=1S/C18H22N4O/c1-7-19-18(20-8-1)22-9-4-16(5-10-22)21-13-14-2-3-17-15(12-14)6-11-23-17/h1-3,7-8,12,16,21H,4-6,9-11,13H2. The van der Waals surface area contributed by atoms with Gasteiger partial charge in [0, 0.05) is 44.5 Å². The normalized spacial score (nSPS) is 17.8. The molecule has 0 amide bonds. The fourth-order valence-corrected chi connectivity index (χ4v) is 3.35. The van der Waals surface area contributed by atoms with Crippen LogP contribution in [-0.2, 0) is 13.0 Å². The van der Waals surface area contributed by atoms with Gasteiger partial charge in [0.25, 0.3) is 0 Å². The van der Waals surface area contributed by atoms with Crippen LogP contribution in [0.5, 0.6) is 5.75 Å². The van der Waals surface area contributed by atoms with Crippen molar-refractivity contribution < 1.29 is 4.74 Å². The van der Waals surface area contributed by atoms with E-state index in [2.05, 4.69) is 38.4 Å². The van der Waals surface area contributed by atoms with Gasteiger partial charge in [-0.15, -0.1) is 0 Å². The van der Waals surface area contributed by atoms with Gasteiger partial charge in [-0.25, -0.2) is 9.97 Å². The number of fused-ring (bicyclic) bond motifs is 1. The van der Waals surface area contributed by atoms with Crippen LogP contribution in [0.25, 0.3) is 0 Å². The third-order valence-corrected chi connectivity index (χ3v) is 4.68. The number of nitrogens with one attached hydrogen (secondary N) is 1. The van der Waals surface area contributed by atoms with E-state index in [9.17, 15) is 0 Å². The van der Waals surface area contributed by atoms with Gasteiger partial charge in [0.2, 0.25) is 5.95 Å². The molecule has 1 aromatic heterocycles. The van der Waals surface area contributed by atoms with E-state index in [1.54, 1.807) is 0 Å². The molecule has 0 spiro atoms. The summed E-state index contributed by atoms with van der Waals surface area (Å²) in [6.45, 7) is 3.78. The number of nitrogens with zero attached hydrogens (tertiary/aromatic N) is 3. The SMILES string of the molecule is c1cnc(N2CCC(NCc3ccc4c(c3)CCO4)CC2)nc1. The summed E-state index contributed by atoms with van der Waals surface area (Å²) in [5.41, 5.74) is 2.70. The van der Waals surface area contributed by atoms with Gasteiger partial charge in [0.05, 0.1) is 6.61 Å². The number of aromatic nitrogens is 2. The Labute approximate surface area is 136 Å². The first kappa shape index (κ1) is 14.5. The lowest BCUT2D eigenvalue weighted by atomic mass is 10.0. The molecule has 4 rings (SSSR count). The van der Waals surface area contributed by atoms with Crippen molar-refractivity contribution in [1.29, 1.82) is 0 Å². The fourth-order valence-electron chi connectivity index (χ4n) is 3.35. The largest absolute Gasteiger partial charge is 0.493 e. The number of anilines is 1. The van der Waals surface area contributed by atoms with Crippen molar-refractivity contribution in [2.24, 2.45) is 0 Å². The Balaban J connectivity index is 1.28. The summed E-state index contributed by atoms with van der Waals surface area (Å²) in [6, 6.07) is 8.99. The minimum atomic E-state index is 0.569. The Morgan fingerprint density at radius 1 is 1.17 bits per heavy atom. The molecule has 2 aromatic rings. The third-order valence-electron chi connectivity index (χ3n) is 4.68. The minimum Gasteiger partial charge on any atom is -0.493 e. The predicted octanol–water partition coefficient (Wildman–Crippen LogP) is 2.17. The van der Waals surface area contributed by atoms with Crippen molar-refractivity contribution in [3.8, 4) is 5.75 Å². The van der Waals surface area contributed by atoms with Crippen LogP contribution in [0.3, 0.4) is 0 Å². The van der Waals surface area contributed by atoms with Gasteiger partial charge in [0.15, 0.2) is 0 Å². The second-order valence-corrected chi connectivity index (χ2v) is 6.23. The maximum Gasteiger partial charge on any atom is 0.225 e. The smallest absolute Gasteiger partial charge is 0.225 e. The zero-order valence-electron chi connectivity index (χ0n) is 13.2. The molecule has 2 aliphatic rings. The molecule has 1 N–H and O–H groups in total. The van der Waals surface area contributed by atoms with E-state index in [1.807, 2.05) is 18.5 Å². The first-order valence-corrected chi connectivity index (χ1v) is 8.38. The zero-order chi connectivity index (χ0) is 15.5. The molecule has 0 atom stereocenters. The molecule has 0 aliphatic carbocycles. The Kier molecular flexibility index (Phi) is 4.11. The maximum absolute atomic E-state index is 5.56. The average molecular weight is 310 g/mol. The number of piperidine rings is 1. The number of benzene rings is 1. The molecular weight excluding hydrogens is 288 g/mol. The number of ether oxygens (including phenoxy) is 1. The van der Waals surface area contributed by atoms with Crippen LogP contribution in [0.2, 0.25) is 0 Å². The summed E-state index contributed by atoms with van der Waals surface area (Å²) in [5, 5.41) is 3.69. The highest BCUT2D eigenvalue weighted by Gasteiger charge is 2.20. The van der Waals surface area contributed by atoms with E-state index >= 15 is 0 Å². The number of hydrogen-bond acceptors (Lipinski definition) is 5. The molecule has 1 saturated heterocycles. The van der Waals surface area contributed by atoms with Gasteiger partial charge >= 0.3 is 0 Å². The highest BCUT2D eigenvalue weighted by Crippen LogP contribution is 2.26. The van der Waals surface area contributed by atoms with Crippen LogP contribution in [0.1, 0.15) is 24.0 Å². The fraction of sp³-hybridized carbons (Fsp3) is 0.444. The molecular formula is C18H22N4O. The molecule has 1 fully saturated rings. The second-order valence-electron chi connectivity index (χ2n) is 6.23. The van der Waals surface area contributed by atoms with Crippen LogP contribution in [0.4, 0.5) is 5.95 Å². The molecule has 5 nitrogen and oxygen atoms in total. The molecule has 23 heavy (non-hydrogen) atoms. The Bertz CT molecular complexity index is 653. The topological polar surface area (TPSA) is 50.3 Å². The molecule has 2 aliphatic heterocycles. The lowest BCUT2D eigenvalue weighted by molar-refractivity contribution is 0.356. The molecule has 1 aromatic carbocycles.